The summed E-state index contributed by atoms with van der Waals surface area (Å²) in [5.74, 6) is 0.421. The van der Waals surface area contributed by atoms with Gasteiger partial charge in [-0.3, -0.25) is 19.0 Å². The summed E-state index contributed by atoms with van der Waals surface area (Å²) in [7, 11) is 2.08. The number of likely N-dealkylation sites (tertiary alicyclic amines) is 2. The maximum atomic E-state index is 13.2. The number of nitrogens with two attached hydrogens (primary N) is 1. The van der Waals surface area contributed by atoms with E-state index in [1.807, 2.05) is 12.1 Å². The number of β-amino-alcohol motifs (C(OH)–C–C–N with tert-alkyl or cyclic N) is 1. The van der Waals surface area contributed by atoms with Gasteiger partial charge in [0.15, 0.2) is 0 Å². The number of rotatable bonds is 7. The highest BCUT2D eigenvalue weighted by Gasteiger charge is 2.27. The SMILES string of the molecule is CN1CCCCC1COC=O.Cc1nc2cc(-c3ncc(C(=O)N4CCC(O)C4)s3)c(N)cc2c(=O)n1Cc1ccc(Cl)cc1. The fourth-order valence-electron chi connectivity index (χ4n) is 5.62. The van der Waals surface area contributed by atoms with Gasteiger partial charge in [0.2, 0.25) is 0 Å². The first kappa shape index (κ1) is 32.6. The zero-order chi connectivity index (χ0) is 32.1. The van der Waals surface area contributed by atoms with Gasteiger partial charge in [-0.15, -0.1) is 11.3 Å². The Bertz CT molecular complexity index is 1730. The molecule has 238 valence electrons. The van der Waals surface area contributed by atoms with Crippen LogP contribution in [0.4, 0.5) is 5.69 Å². The monoisotopic (exact) mass is 652 g/mol. The highest BCUT2D eigenvalue weighted by molar-refractivity contribution is 7.17. The average Bonchev–Trinajstić information content (AvgIpc) is 3.70. The third-order valence-corrected chi connectivity index (χ3v) is 9.52. The minimum absolute atomic E-state index is 0.154. The molecule has 4 aromatic rings. The number of aliphatic hydroxyl groups excluding tert-OH is 1. The van der Waals surface area contributed by atoms with Crippen LogP contribution in [0.25, 0.3) is 21.5 Å². The van der Waals surface area contributed by atoms with E-state index in [0.29, 0.717) is 88.1 Å². The van der Waals surface area contributed by atoms with Crippen molar-refractivity contribution >= 4 is 51.9 Å². The normalized spacial score (nSPS) is 18.4. The second-order valence-electron chi connectivity index (χ2n) is 11.4. The molecule has 2 aliphatic rings. The first-order chi connectivity index (χ1) is 21.6. The molecule has 45 heavy (non-hydrogen) atoms. The highest BCUT2D eigenvalue weighted by atomic mass is 35.5. The number of aliphatic hydroxyl groups is 1. The number of halogens is 1. The number of carbonyl (C=O) groups is 2. The predicted molar refractivity (Wildman–Crippen MR) is 176 cm³/mol. The predicted octanol–water partition coefficient (Wildman–Crippen LogP) is 3.96. The largest absolute Gasteiger partial charge is 0.466 e. The molecule has 1 amide bonds. The Morgan fingerprint density at radius 1 is 1.20 bits per heavy atom. The Balaban J connectivity index is 0.000000309. The molecule has 2 saturated heterocycles. The maximum absolute atomic E-state index is 13.2. The lowest BCUT2D eigenvalue weighted by Gasteiger charge is -2.31. The van der Waals surface area contributed by atoms with Gasteiger partial charge in [0.1, 0.15) is 22.3 Å². The molecule has 2 fully saturated rings. The number of nitrogen functional groups attached to an aromatic ring is 1. The number of anilines is 1. The first-order valence-electron chi connectivity index (χ1n) is 14.9. The van der Waals surface area contributed by atoms with E-state index in [9.17, 15) is 19.5 Å². The number of aryl methyl sites for hydroxylation is 1. The van der Waals surface area contributed by atoms with E-state index >= 15 is 0 Å². The number of fused-ring (bicyclic) bond motifs is 1. The number of hydrogen-bond donors (Lipinski definition) is 2. The Kier molecular flexibility index (Phi) is 10.5. The fraction of sp³-hybridized carbons (Fsp3) is 0.406. The van der Waals surface area contributed by atoms with Crippen LogP contribution in [0.2, 0.25) is 5.02 Å². The zero-order valence-electron chi connectivity index (χ0n) is 25.3. The van der Waals surface area contributed by atoms with Crippen molar-refractivity contribution in [1.82, 2.24) is 24.3 Å². The second kappa shape index (κ2) is 14.5. The molecule has 0 bridgehead atoms. The van der Waals surface area contributed by atoms with Gasteiger partial charge < -0.3 is 25.4 Å². The molecule has 0 radical (unpaired) electrons. The van der Waals surface area contributed by atoms with Crippen LogP contribution in [0.5, 0.6) is 0 Å². The van der Waals surface area contributed by atoms with Crippen molar-refractivity contribution in [3.05, 3.63) is 74.2 Å². The van der Waals surface area contributed by atoms with Crippen LogP contribution in [0.15, 0.2) is 47.4 Å². The summed E-state index contributed by atoms with van der Waals surface area (Å²) >= 11 is 7.20. The molecule has 0 saturated carbocycles. The van der Waals surface area contributed by atoms with Crippen LogP contribution in [-0.4, -0.2) is 87.3 Å². The maximum Gasteiger partial charge on any atom is 0.293 e. The summed E-state index contributed by atoms with van der Waals surface area (Å²) in [5, 5.41) is 11.3. The lowest BCUT2D eigenvalue weighted by Crippen LogP contribution is -2.39. The number of piperidine rings is 1. The van der Waals surface area contributed by atoms with E-state index < -0.39 is 6.10 Å². The number of amides is 1. The van der Waals surface area contributed by atoms with Crippen LogP contribution >= 0.6 is 22.9 Å². The molecule has 4 heterocycles. The van der Waals surface area contributed by atoms with E-state index in [0.717, 1.165) is 18.5 Å². The Morgan fingerprint density at radius 3 is 2.67 bits per heavy atom. The molecule has 2 aromatic carbocycles. The lowest BCUT2D eigenvalue weighted by molar-refractivity contribution is -0.130. The first-order valence-corrected chi connectivity index (χ1v) is 16.1. The van der Waals surface area contributed by atoms with Crippen molar-refractivity contribution < 1.29 is 19.4 Å². The van der Waals surface area contributed by atoms with Crippen molar-refractivity contribution in [2.24, 2.45) is 0 Å². The average molecular weight is 653 g/mol. The van der Waals surface area contributed by atoms with E-state index in [2.05, 4.69) is 21.9 Å². The molecule has 6 rings (SSSR count). The van der Waals surface area contributed by atoms with Crippen molar-refractivity contribution in [1.29, 1.82) is 0 Å². The lowest BCUT2D eigenvalue weighted by atomic mass is 10.0. The van der Waals surface area contributed by atoms with Crippen LogP contribution in [0.1, 0.15) is 46.7 Å². The van der Waals surface area contributed by atoms with Crippen molar-refractivity contribution in [3.8, 4) is 10.6 Å². The smallest absolute Gasteiger partial charge is 0.293 e. The molecule has 13 heteroatoms. The zero-order valence-corrected chi connectivity index (χ0v) is 26.9. The van der Waals surface area contributed by atoms with Gasteiger partial charge in [0.25, 0.3) is 17.9 Å². The number of thiazole rings is 1. The van der Waals surface area contributed by atoms with Crippen LogP contribution in [0, 0.1) is 6.92 Å². The van der Waals surface area contributed by atoms with Gasteiger partial charge in [-0.05, 0) is 69.6 Å². The Labute approximate surface area is 270 Å². The molecule has 11 nitrogen and oxygen atoms in total. The van der Waals surface area contributed by atoms with Crippen LogP contribution in [-0.2, 0) is 16.1 Å². The van der Waals surface area contributed by atoms with Crippen molar-refractivity contribution in [3.63, 3.8) is 0 Å². The van der Waals surface area contributed by atoms with Gasteiger partial charge in [-0.25, -0.2) is 9.97 Å². The number of carbonyl (C=O) groups excluding carboxylic acids is 2. The fourth-order valence-corrected chi connectivity index (χ4v) is 6.67. The van der Waals surface area contributed by atoms with Gasteiger partial charge in [0.05, 0.1) is 29.7 Å². The minimum Gasteiger partial charge on any atom is -0.466 e. The molecule has 3 N–H and O–H groups in total. The molecule has 2 atom stereocenters. The third kappa shape index (κ3) is 7.70. The molecule has 2 unspecified atom stereocenters. The molecule has 2 aliphatic heterocycles. The Morgan fingerprint density at radius 2 is 1.98 bits per heavy atom. The van der Waals surface area contributed by atoms with Gasteiger partial charge in [-0.2, -0.15) is 0 Å². The molecule has 0 aliphatic carbocycles. The Hall–Kier alpha value is -3.84. The van der Waals surface area contributed by atoms with Crippen LogP contribution < -0.4 is 11.3 Å². The highest BCUT2D eigenvalue weighted by Crippen LogP contribution is 2.33. The standard InChI is InChI=1S/C24H22ClN5O3S.C8H15NO2/c1-13-28-20-9-17(22-27-10-21(34-22)24(33)29-7-6-16(31)12-29)19(26)8-18(20)23(32)30(13)11-14-2-4-15(25)5-3-14;1-9-5-3-2-4-8(9)6-11-7-10/h2-5,8-10,16,31H,6-7,11-12,26H2,1H3;7-8H,2-6H2,1H3. The summed E-state index contributed by atoms with van der Waals surface area (Å²) in [5.41, 5.74) is 8.60. The second-order valence-corrected chi connectivity index (χ2v) is 12.9. The quantitative estimate of drug-likeness (QED) is 0.224. The van der Waals surface area contributed by atoms with Gasteiger partial charge in [-0.1, -0.05) is 30.2 Å². The number of likely N-dealkylation sites (N-methyl/N-ethyl adjacent to an activating group) is 1. The summed E-state index contributed by atoms with van der Waals surface area (Å²) in [6.45, 7) is 5.23. The summed E-state index contributed by atoms with van der Waals surface area (Å²) in [4.78, 5) is 49.3. The summed E-state index contributed by atoms with van der Waals surface area (Å²) in [6, 6.07) is 11.1. The number of benzene rings is 2. The number of hydrogen-bond acceptors (Lipinski definition) is 10. The van der Waals surface area contributed by atoms with E-state index in [-0.39, 0.29) is 11.5 Å². The number of nitrogens with zero attached hydrogens (tertiary/aromatic N) is 5. The van der Waals surface area contributed by atoms with E-state index in [1.54, 1.807) is 40.7 Å². The van der Waals surface area contributed by atoms with Crippen molar-refractivity contribution in [2.75, 3.05) is 39.0 Å². The number of ether oxygens (including phenoxy) is 1. The molecular weight excluding hydrogens is 616 g/mol. The molecule has 0 spiro atoms. The van der Waals surface area contributed by atoms with Gasteiger partial charge >= 0.3 is 0 Å². The van der Waals surface area contributed by atoms with Crippen LogP contribution in [0.3, 0.4) is 0 Å². The van der Waals surface area contributed by atoms with E-state index in [1.165, 1.54) is 30.4 Å². The topological polar surface area (TPSA) is 144 Å². The summed E-state index contributed by atoms with van der Waals surface area (Å²) in [6.07, 6.45) is 5.32. The number of aromatic nitrogens is 3. The van der Waals surface area contributed by atoms with Crippen molar-refractivity contribution in [2.45, 2.75) is 51.3 Å². The van der Waals surface area contributed by atoms with Gasteiger partial charge in [0, 0.05) is 35.4 Å². The molecular formula is C32H37ClN6O5S. The third-order valence-electron chi connectivity index (χ3n) is 8.25. The van der Waals surface area contributed by atoms with E-state index in [4.69, 9.17) is 22.1 Å². The molecule has 2 aromatic heterocycles. The minimum atomic E-state index is -0.481. The summed E-state index contributed by atoms with van der Waals surface area (Å²) < 4.78 is 6.33.